The number of rotatable bonds is 2. The summed E-state index contributed by atoms with van der Waals surface area (Å²) in [7, 11) is 1.36. The Kier molecular flexibility index (Phi) is 3.74. The SMILES string of the molecule is CN(C(=O)c1cc(F)c(F)c(F)c1)c1ccc(F)cc1. The molecule has 6 heteroatoms. The highest BCUT2D eigenvalue weighted by atomic mass is 19.2. The summed E-state index contributed by atoms with van der Waals surface area (Å²) in [5, 5.41) is 0. The quantitative estimate of drug-likeness (QED) is 0.610. The zero-order valence-electron chi connectivity index (χ0n) is 10.3. The van der Waals surface area contributed by atoms with Crippen molar-refractivity contribution in [3.8, 4) is 0 Å². The number of carbonyl (C=O) groups is 1. The minimum atomic E-state index is -1.63. The minimum Gasteiger partial charge on any atom is -0.311 e. The first-order valence-corrected chi connectivity index (χ1v) is 5.58. The van der Waals surface area contributed by atoms with Crippen LogP contribution in [0.3, 0.4) is 0 Å². The van der Waals surface area contributed by atoms with Gasteiger partial charge in [0.15, 0.2) is 17.5 Å². The van der Waals surface area contributed by atoms with Gasteiger partial charge in [0.1, 0.15) is 5.82 Å². The number of hydrogen-bond acceptors (Lipinski definition) is 1. The maximum Gasteiger partial charge on any atom is 0.258 e. The van der Waals surface area contributed by atoms with E-state index in [2.05, 4.69) is 0 Å². The highest BCUT2D eigenvalue weighted by Crippen LogP contribution is 2.19. The molecule has 0 N–H and O–H groups in total. The van der Waals surface area contributed by atoms with Gasteiger partial charge in [-0.1, -0.05) is 0 Å². The van der Waals surface area contributed by atoms with Crippen molar-refractivity contribution in [2.24, 2.45) is 0 Å². The van der Waals surface area contributed by atoms with Crippen LogP contribution in [0.2, 0.25) is 0 Å². The first-order valence-electron chi connectivity index (χ1n) is 5.58. The fourth-order valence-corrected chi connectivity index (χ4v) is 1.65. The number of anilines is 1. The van der Waals surface area contributed by atoms with E-state index in [-0.39, 0.29) is 5.56 Å². The lowest BCUT2D eigenvalue weighted by molar-refractivity contribution is 0.0992. The second-order valence-electron chi connectivity index (χ2n) is 4.09. The van der Waals surface area contributed by atoms with Gasteiger partial charge in [0.2, 0.25) is 0 Å². The Morgan fingerprint density at radius 2 is 1.45 bits per heavy atom. The zero-order valence-corrected chi connectivity index (χ0v) is 10.3. The van der Waals surface area contributed by atoms with Gasteiger partial charge in [-0.15, -0.1) is 0 Å². The topological polar surface area (TPSA) is 20.3 Å². The van der Waals surface area contributed by atoms with Crippen LogP contribution in [0.25, 0.3) is 0 Å². The van der Waals surface area contributed by atoms with Crippen molar-refractivity contribution < 1.29 is 22.4 Å². The van der Waals surface area contributed by atoms with Gasteiger partial charge in [-0.05, 0) is 36.4 Å². The van der Waals surface area contributed by atoms with E-state index < -0.39 is 29.2 Å². The molecule has 0 heterocycles. The Morgan fingerprint density at radius 3 is 1.95 bits per heavy atom. The smallest absolute Gasteiger partial charge is 0.258 e. The van der Waals surface area contributed by atoms with Crippen molar-refractivity contribution in [3.05, 3.63) is 65.2 Å². The third-order valence-electron chi connectivity index (χ3n) is 2.75. The zero-order chi connectivity index (χ0) is 14.9. The second kappa shape index (κ2) is 5.32. The van der Waals surface area contributed by atoms with Crippen molar-refractivity contribution in [1.82, 2.24) is 0 Å². The molecule has 0 aliphatic carbocycles. The molecule has 0 fully saturated rings. The monoisotopic (exact) mass is 283 g/mol. The van der Waals surface area contributed by atoms with E-state index in [1.807, 2.05) is 0 Å². The Balaban J connectivity index is 2.33. The average molecular weight is 283 g/mol. The first kappa shape index (κ1) is 14.0. The molecule has 0 spiro atoms. The molecule has 0 atom stereocenters. The van der Waals surface area contributed by atoms with Crippen LogP contribution < -0.4 is 4.90 Å². The van der Waals surface area contributed by atoms with Gasteiger partial charge in [0.05, 0.1) is 0 Å². The molecule has 104 valence electrons. The van der Waals surface area contributed by atoms with E-state index in [4.69, 9.17) is 0 Å². The molecule has 2 nitrogen and oxygen atoms in total. The number of carbonyl (C=O) groups excluding carboxylic acids is 1. The highest BCUT2D eigenvalue weighted by molar-refractivity contribution is 6.05. The first-order chi connectivity index (χ1) is 9.40. The van der Waals surface area contributed by atoms with Crippen LogP contribution in [-0.4, -0.2) is 13.0 Å². The molecule has 0 bridgehead atoms. The molecule has 0 unspecified atom stereocenters. The molecule has 2 aromatic carbocycles. The van der Waals surface area contributed by atoms with Gasteiger partial charge in [0, 0.05) is 18.3 Å². The molecule has 20 heavy (non-hydrogen) atoms. The van der Waals surface area contributed by atoms with E-state index in [1.165, 1.54) is 19.2 Å². The number of halogens is 4. The molecule has 1 amide bonds. The van der Waals surface area contributed by atoms with E-state index in [1.54, 1.807) is 0 Å². The Hall–Kier alpha value is -2.37. The van der Waals surface area contributed by atoms with E-state index in [0.717, 1.165) is 17.0 Å². The van der Waals surface area contributed by atoms with Crippen LogP contribution in [0.15, 0.2) is 36.4 Å². The van der Waals surface area contributed by atoms with Crippen LogP contribution in [0.1, 0.15) is 10.4 Å². The van der Waals surface area contributed by atoms with Crippen LogP contribution in [-0.2, 0) is 0 Å². The van der Waals surface area contributed by atoms with E-state index >= 15 is 0 Å². The molecule has 0 saturated heterocycles. The number of benzene rings is 2. The summed E-state index contributed by atoms with van der Waals surface area (Å²) in [6, 6.07) is 6.18. The van der Waals surface area contributed by atoms with Crippen molar-refractivity contribution in [1.29, 1.82) is 0 Å². The van der Waals surface area contributed by atoms with Crippen molar-refractivity contribution in [3.63, 3.8) is 0 Å². The van der Waals surface area contributed by atoms with Crippen LogP contribution in [0, 0.1) is 23.3 Å². The van der Waals surface area contributed by atoms with Crippen LogP contribution in [0.4, 0.5) is 23.2 Å². The second-order valence-corrected chi connectivity index (χ2v) is 4.09. The third-order valence-corrected chi connectivity index (χ3v) is 2.75. The lowest BCUT2D eigenvalue weighted by Gasteiger charge is -2.17. The highest BCUT2D eigenvalue weighted by Gasteiger charge is 2.18. The van der Waals surface area contributed by atoms with Gasteiger partial charge >= 0.3 is 0 Å². The molecule has 0 radical (unpaired) electrons. The molecular weight excluding hydrogens is 274 g/mol. The molecule has 0 aliphatic heterocycles. The van der Waals surface area contributed by atoms with Crippen LogP contribution in [0.5, 0.6) is 0 Å². The average Bonchev–Trinajstić information content (AvgIpc) is 2.43. The van der Waals surface area contributed by atoms with Crippen LogP contribution >= 0.6 is 0 Å². The standard InChI is InChI=1S/C14H9F4NO/c1-19(10-4-2-9(15)3-5-10)14(20)8-6-11(16)13(18)12(17)7-8/h2-7H,1H3. The summed E-state index contributed by atoms with van der Waals surface area (Å²) in [6.45, 7) is 0. The largest absolute Gasteiger partial charge is 0.311 e. The lowest BCUT2D eigenvalue weighted by Crippen LogP contribution is -2.26. The predicted molar refractivity (Wildman–Crippen MR) is 65.4 cm³/mol. The summed E-state index contributed by atoms with van der Waals surface area (Å²) in [6.07, 6.45) is 0. The summed E-state index contributed by atoms with van der Waals surface area (Å²) in [5.41, 5.74) is -0.00485. The summed E-state index contributed by atoms with van der Waals surface area (Å²) < 4.78 is 51.8. The number of hydrogen-bond donors (Lipinski definition) is 0. The predicted octanol–water partition coefficient (Wildman–Crippen LogP) is 3.52. The summed E-state index contributed by atoms with van der Waals surface area (Å²) in [5.74, 6) is -5.74. The molecule has 2 aromatic rings. The lowest BCUT2D eigenvalue weighted by atomic mass is 10.1. The van der Waals surface area contributed by atoms with Gasteiger partial charge in [-0.25, -0.2) is 17.6 Å². The van der Waals surface area contributed by atoms with Gasteiger partial charge < -0.3 is 4.90 Å². The molecular formula is C14H9F4NO. The minimum absolute atomic E-state index is 0.335. The fourth-order valence-electron chi connectivity index (χ4n) is 1.65. The van der Waals surface area contributed by atoms with Crippen molar-refractivity contribution in [2.45, 2.75) is 0 Å². The summed E-state index contributed by atoms with van der Waals surface area (Å²) >= 11 is 0. The van der Waals surface area contributed by atoms with E-state index in [0.29, 0.717) is 17.8 Å². The van der Waals surface area contributed by atoms with Gasteiger partial charge in [-0.3, -0.25) is 4.79 Å². The Bertz CT molecular complexity index is 632. The number of nitrogens with zero attached hydrogens (tertiary/aromatic N) is 1. The maximum atomic E-state index is 13.1. The third kappa shape index (κ3) is 2.64. The molecule has 0 saturated carbocycles. The normalized spacial score (nSPS) is 10.4. The van der Waals surface area contributed by atoms with Gasteiger partial charge in [0.25, 0.3) is 5.91 Å². The fraction of sp³-hybridized carbons (Fsp3) is 0.0714. The van der Waals surface area contributed by atoms with Crippen molar-refractivity contribution in [2.75, 3.05) is 11.9 Å². The molecule has 2 rings (SSSR count). The summed E-state index contributed by atoms with van der Waals surface area (Å²) in [4.78, 5) is 13.1. The van der Waals surface area contributed by atoms with E-state index in [9.17, 15) is 22.4 Å². The number of amides is 1. The Labute approximate surface area is 112 Å². The molecule has 0 aromatic heterocycles. The van der Waals surface area contributed by atoms with Gasteiger partial charge in [-0.2, -0.15) is 0 Å². The Morgan fingerprint density at radius 1 is 0.950 bits per heavy atom. The van der Waals surface area contributed by atoms with Crippen molar-refractivity contribution >= 4 is 11.6 Å². The maximum absolute atomic E-state index is 13.1. The molecule has 0 aliphatic rings.